The van der Waals surface area contributed by atoms with Gasteiger partial charge in [-0.1, -0.05) is 34.8 Å². The highest BCUT2D eigenvalue weighted by Crippen LogP contribution is 2.35. The fourth-order valence-electron chi connectivity index (χ4n) is 1.16. The molecule has 7 nitrogen and oxygen atoms in total. The Morgan fingerprint density at radius 2 is 2.15 bits per heavy atom. The third kappa shape index (κ3) is 4.22. The molecule has 1 rings (SSSR count). The van der Waals surface area contributed by atoms with Crippen LogP contribution in [-0.2, 0) is 9.53 Å². The van der Waals surface area contributed by atoms with Crippen LogP contribution < -0.4 is 5.43 Å². The standard InChI is InChI=1S/C10H8Cl3N3O4/c1-2-20-10(17)9(13)15-14-8-6(12)3-5(11)4-7(8)16(18)19/h3-4,14H,2H2,1H3/b15-9+. The van der Waals surface area contributed by atoms with Crippen molar-refractivity contribution >= 4 is 57.3 Å². The summed E-state index contributed by atoms with van der Waals surface area (Å²) in [7, 11) is 0. The molecule has 1 aromatic rings. The van der Waals surface area contributed by atoms with E-state index < -0.39 is 21.8 Å². The van der Waals surface area contributed by atoms with E-state index in [9.17, 15) is 14.9 Å². The second kappa shape index (κ2) is 7.28. The van der Waals surface area contributed by atoms with Gasteiger partial charge in [-0.15, -0.1) is 0 Å². The molecule has 1 aromatic carbocycles. The molecule has 0 saturated carbocycles. The largest absolute Gasteiger partial charge is 0.461 e. The number of nitro groups is 1. The van der Waals surface area contributed by atoms with Crippen molar-refractivity contribution in [3.63, 3.8) is 0 Å². The first kappa shape index (κ1) is 16.5. The van der Waals surface area contributed by atoms with Crippen molar-refractivity contribution in [1.82, 2.24) is 0 Å². The average molecular weight is 341 g/mol. The van der Waals surface area contributed by atoms with Gasteiger partial charge < -0.3 is 4.74 Å². The Bertz CT molecular complexity index is 577. The summed E-state index contributed by atoms with van der Waals surface area (Å²) in [6.07, 6.45) is 0. The van der Waals surface area contributed by atoms with Crippen LogP contribution in [-0.4, -0.2) is 22.7 Å². The summed E-state index contributed by atoms with van der Waals surface area (Å²) >= 11 is 17.0. The van der Waals surface area contributed by atoms with Crippen molar-refractivity contribution in [3.8, 4) is 0 Å². The number of nitrogens with zero attached hydrogens (tertiary/aromatic N) is 2. The molecule has 1 N–H and O–H groups in total. The Hall–Kier alpha value is -1.57. The Morgan fingerprint density at radius 3 is 2.70 bits per heavy atom. The van der Waals surface area contributed by atoms with Crippen LogP contribution in [0.4, 0.5) is 11.4 Å². The number of hydrazone groups is 1. The molecule has 0 spiro atoms. The molecule has 0 heterocycles. The van der Waals surface area contributed by atoms with Crippen molar-refractivity contribution in [2.45, 2.75) is 6.92 Å². The van der Waals surface area contributed by atoms with Crippen molar-refractivity contribution in [2.24, 2.45) is 5.10 Å². The fourth-order valence-corrected chi connectivity index (χ4v) is 1.78. The Morgan fingerprint density at radius 1 is 1.50 bits per heavy atom. The van der Waals surface area contributed by atoms with E-state index in [1.165, 1.54) is 6.07 Å². The van der Waals surface area contributed by atoms with E-state index in [1.54, 1.807) is 6.92 Å². The molecule has 0 aliphatic carbocycles. The lowest BCUT2D eigenvalue weighted by molar-refractivity contribution is -0.383. The van der Waals surface area contributed by atoms with E-state index in [0.717, 1.165) is 6.07 Å². The van der Waals surface area contributed by atoms with Gasteiger partial charge in [0.1, 0.15) is 0 Å². The zero-order valence-corrected chi connectivity index (χ0v) is 12.3. The predicted molar refractivity (Wildman–Crippen MR) is 76.7 cm³/mol. The smallest absolute Gasteiger partial charge is 0.370 e. The van der Waals surface area contributed by atoms with Crippen molar-refractivity contribution in [3.05, 3.63) is 32.3 Å². The van der Waals surface area contributed by atoms with Gasteiger partial charge in [0, 0.05) is 11.1 Å². The molecule has 10 heteroatoms. The summed E-state index contributed by atoms with van der Waals surface area (Å²) in [4.78, 5) is 21.4. The van der Waals surface area contributed by atoms with E-state index in [2.05, 4.69) is 15.3 Å². The van der Waals surface area contributed by atoms with Crippen LogP contribution in [0.15, 0.2) is 17.2 Å². The highest BCUT2D eigenvalue weighted by molar-refractivity contribution is 6.82. The lowest BCUT2D eigenvalue weighted by atomic mass is 10.3. The highest BCUT2D eigenvalue weighted by Gasteiger charge is 2.19. The maximum atomic E-state index is 11.2. The third-order valence-corrected chi connectivity index (χ3v) is 2.70. The number of ether oxygens (including phenoxy) is 1. The van der Waals surface area contributed by atoms with Gasteiger partial charge in [0.05, 0.1) is 16.6 Å². The first-order chi connectivity index (χ1) is 9.36. The molecule has 108 valence electrons. The van der Waals surface area contributed by atoms with Gasteiger partial charge in [0.15, 0.2) is 5.69 Å². The summed E-state index contributed by atoms with van der Waals surface area (Å²) in [6.45, 7) is 1.71. The van der Waals surface area contributed by atoms with Gasteiger partial charge in [-0.05, 0) is 13.0 Å². The molecule has 0 radical (unpaired) electrons. The second-order valence-electron chi connectivity index (χ2n) is 3.27. The van der Waals surface area contributed by atoms with Crippen LogP contribution in [0.5, 0.6) is 0 Å². The predicted octanol–water partition coefficient (Wildman–Crippen LogP) is 3.43. The number of anilines is 1. The van der Waals surface area contributed by atoms with Crippen LogP contribution in [0, 0.1) is 10.1 Å². The summed E-state index contributed by atoms with van der Waals surface area (Å²) < 4.78 is 4.59. The number of nitro benzene ring substituents is 1. The molecule has 0 aromatic heterocycles. The Kier molecular flexibility index (Phi) is 6.00. The van der Waals surface area contributed by atoms with Crippen LogP contribution in [0.2, 0.25) is 10.0 Å². The number of benzene rings is 1. The SMILES string of the molecule is CCOC(=O)/C(Cl)=N\Nc1c(Cl)cc(Cl)cc1[N+](=O)[O-]. The second-order valence-corrected chi connectivity index (χ2v) is 4.48. The summed E-state index contributed by atoms with van der Waals surface area (Å²) in [6, 6.07) is 2.37. The monoisotopic (exact) mass is 339 g/mol. The van der Waals surface area contributed by atoms with Gasteiger partial charge in [-0.3, -0.25) is 15.5 Å². The molecule has 20 heavy (non-hydrogen) atoms. The minimum absolute atomic E-state index is 0.0405. The number of carbonyl (C=O) groups is 1. The number of carbonyl (C=O) groups excluding carboxylic acids is 1. The number of nitrogens with one attached hydrogen (secondary N) is 1. The van der Waals surface area contributed by atoms with E-state index in [-0.39, 0.29) is 22.3 Å². The minimum Gasteiger partial charge on any atom is -0.461 e. The van der Waals surface area contributed by atoms with Gasteiger partial charge in [-0.2, -0.15) is 5.10 Å². The molecule has 0 bridgehead atoms. The molecule has 0 fully saturated rings. The van der Waals surface area contributed by atoms with Crippen LogP contribution >= 0.6 is 34.8 Å². The molecular weight excluding hydrogens is 332 g/mol. The summed E-state index contributed by atoms with van der Waals surface area (Å²) in [5.74, 6) is -0.866. The molecule has 0 saturated heterocycles. The number of rotatable bonds is 5. The maximum absolute atomic E-state index is 11.2. The van der Waals surface area contributed by atoms with Crippen LogP contribution in [0.3, 0.4) is 0 Å². The van der Waals surface area contributed by atoms with Gasteiger partial charge in [-0.25, -0.2) is 4.79 Å². The first-order valence-electron chi connectivity index (χ1n) is 5.16. The Balaban J connectivity index is 3.06. The van der Waals surface area contributed by atoms with Crippen LogP contribution in [0.25, 0.3) is 0 Å². The molecule has 0 unspecified atom stereocenters. The number of hydrogen-bond acceptors (Lipinski definition) is 6. The molecular formula is C10H8Cl3N3O4. The molecule has 0 aliphatic rings. The van der Waals surface area contributed by atoms with E-state index in [1.807, 2.05) is 0 Å². The highest BCUT2D eigenvalue weighted by atomic mass is 35.5. The quantitative estimate of drug-likeness (QED) is 0.383. The third-order valence-electron chi connectivity index (χ3n) is 1.94. The lowest BCUT2D eigenvalue weighted by Gasteiger charge is -2.06. The maximum Gasteiger partial charge on any atom is 0.370 e. The zero-order valence-electron chi connectivity index (χ0n) is 10.0. The summed E-state index contributed by atoms with van der Waals surface area (Å²) in [5.41, 5.74) is 1.71. The lowest BCUT2D eigenvalue weighted by Crippen LogP contribution is -2.13. The number of esters is 1. The van der Waals surface area contributed by atoms with E-state index >= 15 is 0 Å². The fraction of sp³-hybridized carbons (Fsp3) is 0.200. The van der Waals surface area contributed by atoms with E-state index in [4.69, 9.17) is 34.8 Å². The minimum atomic E-state index is -0.866. The van der Waals surface area contributed by atoms with Crippen molar-refractivity contribution in [1.29, 1.82) is 0 Å². The van der Waals surface area contributed by atoms with Crippen LogP contribution in [0.1, 0.15) is 6.92 Å². The summed E-state index contributed by atoms with van der Waals surface area (Å²) in [5, 5.41) is 13.9. The topological polar surface area (TPSA) is 93.8 Å². The number of halogens is 3. The van der Waals surface area contributed by atoms with Gasteiger partial charge >= 0.3 is 5.97 Å². The number of hydrogen-bond donors (Lipinski definition) is 1. The normalized spacial score (nSPS) is 11.1. The zero-order chi connectivity index (χ0) is 15.3. The molecule has 0 aliphatic heterocycles. The van der Waals surface area contributed by atoms with Gasteiger partial charge in [0.25, 0.3) is 5.69 Å². The van der Waals surface area contributed by atoms with Crippen molar-refractivity contribution in [2.75, 3.05) is 12.0 Å². The van der Waals surface area contributed by atoms with Crippen molar-refractivity contribution < 1.29 is 14.5 Å². The van der Waals surface area contributed by atoms with E-state index in [0.29, 0.717) is 0 Å². The van der Waals surface area contributed by atoms with Gasteiger partial charge in [0.2, 0.25) is 5.17 Å². The Labute approximate surface area is 128 Å². The molecule has 0 amide bonds. The average Bonchev–Trinajstić information content (AvgIpc) is 2.36. The molecule has 0 atom stereocenters. The first-order valence-corrected chi connectivity index (χ1v) is 6.30.